The van der Waals surface area contributed by atoms with Crippen LogP contribution in [0.2, 0.25) is 0 Å². The van der Waals surface area contributed by atoms with Crippen molar-refractivity contribution in [2.45, 2.75) is 39.2 Å². The van der Waals surface area contributed by atoms with E-state index in [1.165, 1.54) is 15.8 Å². The molecule has 0 saturated carbocycles. The van der Waals surface area contributed by atoms with Gasteiger partial charge in [-0.15, -0.1) is 11.3 Å². The van der Waals surface area contributed by atoms with Gasteiger partial charge in [0.15, 0.2) is 0 Å². The topological polar surface area (TPSA) is 72.2 Å². The molecule has 0 spiro atoms. The summed E-state index contributed by atoms with van der Waals surface area (Å²) in [6, 6.07) is 0. The first-order chi connectivity index (χ1) is 9.56. The summed E-state index contributed by atoms with van der Waals surface area (Å²) in [6.07, 6.45) is 4.46. The second kappa shape index (κ2) is 5.01. The molecule has 0 radical (unpaired) electrons. The predicted octanol–water partition coefficient (Wildman–Crippen LogP) is 2.06. The number of aliphatic carboxylic acids is 1. The summed E-state index contributed by atoms with van der Waals surface area (Å²) >= 11 is 1.61. The number of hydrogen-bond donors (Lipinski definition) is 1. The van der Waals surface area contributed by atoms with Gasteiger partial charge in [-0.25, -0.2) is 4.98 Å². The molecule has 0 amide bonds. The first-order valence-electron chi connectivity index (χ1n) is 6.77. The highest BCUT2D eigenvalue weighted by Gasteiger charge is 2.23. The minimum absolute atomic E-state index is 0.0591. The maximum absolute atomic E-state index is 12.5. The number of carboxylic acids is 1. The minimum atomic E-state index is -0.904. The molecule has 0 bridgehead atoms. The Balaban J connectivity index is 2.08. The predicted molar refractivity (Wildman–Crippen MR) is 77.3 cm³/mol. The Kier molecular flexibility index (Phi) is 3.33. The largest absolute Gasteiger partial charge is 0.481 e. The van der Waals surface area contributed by atoms with Gasteiger partial charge in [0, 0.05) is 11.4 Å². The molecule has 2 aromatic heterocycles. The smallest absolute Gasteiger partial charge is 0.305 e. The van der Waals surface area contributed by atoms with Crippen LogP contribution in [0.25, 0.3) is 10.2 Å². The van der Waals surface area contributed by atoms with Gasteiger partial charge in [0.25, 0.3) is 5.56 Å². The third kappa shape index (κ3) is 2.24. The lowest BCUT2D eigenvalue weighted by Crippen LogP contribution is -2.22. The Hall–Kier alpha value is -1.69. The van der Waals surface area contributed by atoms with E-state index >= 15 is 0 Å². The van der Waals surface area contributed by atoms with Crippen molar-refractivity contribution in [3.8, 4) is 0 Å². The molecule has 5 nitrogen and oxygen atoms in total. The van der Waals surface area contributed by atoms with Crippen molar-refractivity contribution in [3.05, 3.63) is 27.1 Å². The van der Waals surface area contributed by atoms with Gasteiger partial charge in [-0.3, -0.25) is 14.2 Å². The van der Waals surface area contributed by atoms with Crippen molar-refractivity contribution in [1.29, 1.82) is 0 Å². The maximum atomic E-state index is 12.5. The van der Waals surface area contributed by atoms with E-state index < -0.39 is 5.97 Å². The lowest BCUT2D eigenvalue weighted by atomic mass is 9.89. The highest BCUT2D eigenvalue weighted by atomic mass is 32.1. The van der Waals surface area contributed by atoms with Gasteiger partial charge in [-0.2, -0.15) is 0 Å². The van der Waals surface area contributed by atoms with E-state index in [-0.39, 0.29) is 18.5 Å². The Morgan fingerprint density at radius 1 is 1.60 bits per heavy atom. The molecule has 2 aromatic rings. The molecular weight excluding hydrogens is 276 g/mol. The zero-order valence-corrected chi connectivity index (χ0v) is 12.1. The first-order valence-corrected chi connectivity index (χ1v) is 7.59. The Morgan fingerprint density at radius 2 is 2.40 bits per heavy atom. The van der Waals surface area contributed by atoms with Gasteiger partial charge in [-0.1, -0.05) is 6.92 Å². The molecule has 1 N–H and O–H groups in total. The van der Waals surface area contributed by atoms with Crippen LogP contribution in [-0.4, -0.2) is 20.6 Å². The van der Waals surface area contributed by atoms with Crippen molar-refractivity contribution in [3.63, 3.8) is 0 Å². The number of aromatic nitrogens is 2. The third-order valence-corrected chi connectivity index (χ3v) is 5.01. The number of aryl methyl sites for hydroxylation is 2. The fraction of sp³-hybridized carbons (Fsp3) is 0.500. The Morgan fingerprint density at radius 3 is 3.15 bits per heavy atom. The van der Waals surface area contributed by atoms with Crippen LogP contribution < -0.4 is 5.56 Å². The third-order valence-electron chi connectivity index (χ3n) is 3.85. The molecule has 106 valence electrons. The van der Waals surface area contributed by atoms with Crippen molar-refractivity contribution >= 4 is 27.5 Å². The quantitative estimate of drug-likeness (QED) is 0.940. The summed E-state index contributed by atoms with van der Waals surface area (Å²) in [5, 5.41) is 9.44. The SMILES string of the molecule is C[C@@H]1CCc2c(sc3ncn(CCC(=O)O)c(=O)c23)C1. The van der Waals surface area contributed by atoms with Crippen LogP contribution in [-0.2, 0) is 24.2 Å². The van der Waals surface area contributed by atoms with Gasteiger partial charge in [0.05, 0.1) is 18.1 Å². The van der Waals surface area contributed by atoms with E-state index in [0.29, 0.717) is 11.3 Å². The van der Waals surface area contributed by atoms with E-state index in [1.54, 1.807) is 11.3 Å². The van der Waals surface area contributed by atoms with E-state index in [0.717, 1.165) is 29.7 Å². The monoisotopic (exact) mass is 292 g/mol. The second-order valence-corrected chi connectivity index (χ2v) is 6.50. The number of nitrogens with zero attached hydrogens (tertiary/aromatic N) is 2. The molecule has 0 saturated heterocycles. The molecule has 0 aliphatic heterocycles. The molecule has 2 heterocycles. The number of rotatable bonds is 3. The van der Waals surface area contributed by atoms with Crippen molar-refractivity contribution < 1.29 is 9.90 Å². The molecule has 0 aromatic carbocycles. The summed E-state index contributed by atoms with van der Waals surface area (Å²) in [6.45, 7) is 2.41. The number of thiophene rings is 1. The maximum Gasteiger partial charge on any atom is 0.305 e. The molecule has 6 heteroatoms. The van der Waals surface area contributed by atoms with Gasteiger partial charge < -0.3 is 5.11 Å². The van der Waals surface area contributed by atoms with Gasteiger partial charge in [0.1, 0.15) is 4.83 Å². The van der Waals surface area contributed by atoms with E-state index in [2.05, 4.69) is 11.9 Å². The fourth-order valence-corrected chi connectivity index (χ4v) is 4.08. The van der Waals surface area contributed by atoms with Crippen LogP contribution in [0.3, 0.4) is 0 Å². The summed E-state index contributed by atoms with van der Waals surface area (Å²) in [4.78, 5) is 29.5. The molecule has 0 unspecified atom stereocenters. The molecule has 0 fully saturated rings. The van der Waals surface area contributed by atoms with Crippen LogP contribution in [0, 0.1) is 5.92 Å². The average Bonchev–Trinajstić information content (AvgIpc) is 2.75. The normalized spacial score (nSPS) is 18.1. The van der Waals surface area contributed by atoms with Crippen LogP contribution in [0.4, 0.5) is 0 Å². The standard InChI is InChI=1S/C14H16N2O3S/c1-8-2-3-9-10(6-8)20-13-12(9)14(19)16(7-15-13)5-4-11(17)18/h7-8H,2-6H2,1H3,(H,17,18)/t8-/m1/s1. The fourth-order valence-electron chi connectivity index (χ4n) is 2.74. The Bertz CT molecular complexity index is 732. The molecule has 1 atom stereocenters. The first kappa shape index (κ1) is 13.3. The number of carbonyl (C=O) groups is 1. The summed E-state index contributed by atoms with van der Waals surface area (Å²) in [5.74, 6) is -0.247. The van der Waals surface area contributed by atoms with Crippen molar-refractivity contribution in [2.75, 3.05) is 0 Å². The van der Waals surface area contributed by atoms with Crippen molar-refractivity contribution in [2.24, 2.45) is 5.92 Å². The molecule has 3 rings (SSSR count). The number of fused-ring (bicyclic) bond motifs is 3. The van der Waals surface area contributed by atoms with Gasteiger partial charge >= 0.3 is 5.97 Å². The highest BCUT2D eigenvalue weighted by molar-refractivity contribution is 7.18. The lowest BCUT2D eigenvalue weighted by Gasteiger charge is -2.17. The molecular formula is C14H16N2O3S. The molecule has 1 aliphatic rings. The van der Waals surface area contributed by atoms with E-state index in [9.17, 15) is 9.59 Å². The molecule has 1 aliphatic carbocycles. The lowest BCUT2D eigenvalue weighted by molar-refractivity contribution is -0.137. The van der Waals surface area contributed by atoms with Crippen LogP contribution in [0.15, 0.2) is 11.1 Å². The number of hydrogen-bond acceptors (Lipinski definition) is 4. The average molecular weight is 292 g/mol. The summed E-state index contributed by atoms with van der Waals surface area (Å²) in [5.41, 5.74) is 1.05. The van der Waals surface area contributed by atoms with Crippen LogP contribution >= 0.6 is 11.3 Å². The van der Waals surface area contributed by atoms with E-state index in [4.69, 9.17) is 5.11 Å². The van der Waals surface area contributed by atoms with Gasteiger partial charge in [-0.05, 0) is 30.7 Å². The highest BCUT2D eigenvalue weighted by Crippen LogP contribution is 2.35. The molecule has 20 heavy (non-hydrogen) atoms. The Labute approximate surface area is 119 Å². The second-order valence-electron chi connectivity index (χ2n) is 5.42. The number of carboxylic acid groups (broad SMARTS) is 1. The zero-order chi connectivity index (χ0) is 14.3. The van der Waals surface area contributed by atoms with Crippen LogP contribution in [0.1, 0.15) is 30.2 Å². The van der Waals surface area contributed by atoms with E-state index in [1.807, 2.05) is 0 Å². The summed E-state index contributed by atoms with van der Waals surface area (Å²) < 4.78 is 1.42. The minimum Gasteiger partial charge on any atom is -0.481 e. The zero-order valence-electron chi connectivity index (χ0n) is 11.3. The summed E-state index contributed by atoms with van der Waals surface area (Å²) in [7, 11) is 0. The van der Waals surface area contributed by atoms with Gasteiger partial charge in [0.2, 0.25) is 0 Å². The van der Waals surface area contributed by atoms with Crippen LogP contribution in [0.5, 0.6) is 0 Å². The van der Waals surface area contributed by atoms with Crippen molar-refractivity contribution in [1.82, 2.24) is 9.55 Å².